The summed E-state index contributed by atoms with van der Waals surface area (Å²) in [6.07, 6.45) is 14.9. The van der Waals surface area contributed by atoms with Crippen LogP contribution >= 0.6 is 0 Å². The minimum Gasteiger partial charge on any atom is -0.235 e. The van der Waals surface area contributed by atoms with Crippen molar-refractivity contribution in [1.82, 2.24) is 10.0 Å². The Morgan fingerprint density at radius 3 is 1.06 bits per heavy atom. The number of rotatable bonds is 1. The zero-order valence-electron chi connectivity index (χ0n) is 10.3. The van der Waals surface area contributed by atoms with Gasteiger partial charge in [0.25, 0.3) is 0 Å². The second-order valence-corrected chi connectivity index (χ2v) is 6.39. The molecule has 2 heteroatoms. The summed E-state index contributed by atoms with van der Waals surface area (Å²) in [5, 5.41) is 5.76. The fourth-order valence-corrected chi connectivity index (χ4v) is 4.93. The highest BCUT2D eigenvalue weighted by molar-refractivity contribution is 4.98. The Morgan fingerprint density at radius 2 is 0.750 bits per heavy atom. The zero-order valence-corrected chi connectivity index (χ0v) is 10.3. The van der Waals surface area contributed by atoms with Gasteiger partial charge in [0.2, 0.25) is 0 Å². The normalized spacial score (nSPS) is 48.8. The Labute approximate surface area is 98.9 Å². The van der Waals surface area contributed by atoms with Crippen LogP contribution in [-0.4, -0.2) is 34.2 Å². The van der Waals surface area contributed by atoms with Crippen molar-refractivity contribution in [2.24, 2.45) is 0 Å². The van der Waals surface area contributed by atoms with E-state index in [1.54, 1.807) is 0 Å². The Kier molecular flexibility index (Phi) is 2.29. The van der Waals surface area contributed by atoms with Crippen molar-refractivity contribution in [1.29, 1.82) is 0 Å². The maximum atomic E-state index is 2.88. The van der Waals surface area contributed by atoms with E-state index in [-0.39, 0.29) is 0 Å². The first-order valence-electron chi connectivity index (χ1n) is 7.50. The van der Waals surface area contributed by atoms with Gasteiger partial charge < -0.3 is 0 Å². The SMILES string of the molecule is C1CC2CCC(C1)N2N1C2CCCC1CC2. The molecule has 0 radical (unpaired) electrons. The van der Waals surface area contributed by atoms with Gasteiger partial charge in [-0.15, -0.1) is 0 Å². The molecule has 0 aromatic carbocycles. The highest BCUT2D eigenvalue weighted by atomic mass is 15.7. The van der Waals surface area contributed by atoms with E-state index in [0.717, 1.165) is 24.2 Å². The van der Waals surface area contributed by atoms with E-state index >= 15 is 0 Å². The summed E-state index contributed by atoms with van der Waals surface area (Å²) in [5.74, 6) is 0. The fraction of sp³-hybridized carbons (Fsp3) is 1.00. The van der Waals surface area contributed by atoms with Crippen LogP contribution in [0.4, 0.5) is 0 Å². The molecular weight excluding hydrogens is 196 g/mol. The van der Waals surface area contributed by atoms with Crippen LogP contribution in [0, 0.1) is 0 Å². The molecule has 90 valence electrons. The minimum absolute atomic E-state index is 0.931. The summed E-state index contributed by atoms with van der Waals surface area (Å²) in [6, 6.07) is 3.72. The molecule has 0 saturated carbocycles. The molecular formula is C14H24N2. The van der Waals surface area contributed by atoms with Crippen molar-refractivity contribution >= 4 is 0 Å². The van der Waals surface area contributed by atoms with Crippen LogP contribution < -0.4 is 0 Å². The van der Waals surface area contributed by atoms with E-state index in [9.17, 15) is 0 Å². The molecule has 0 aromatic rings. The lowest BCUT2D eigenvalue weighted by molar-refractivity contribution is -0.132. The predicted molar refractivity (Wildman–Crippen MR) is 65.0 cm³/mol. The van der Waals surface area contributed by atoms with Crippen molar-refractivity contribution in [3.05, 3.63) is 0 Å². The van der Waals surface area contributed by atoms with Gasteiger partial charge in [0.1, 0.15) is 0 Å². The number of hydrogen-bond donors (Lipinski definition) is 0. The van der Waals surface area contributed by atoms with Crippen LogP contribution in [-0.2, 0) is 0 Å². The Bertz CT molecular complexity index is 218. The Morgan fingerprint density at radius 1 is 0.438 bits per heavy atom. The highest BCUT2D eigenvalue weighted by Gasteiger charge is 2.47. The van der Waals surface area contributed by atoms with Crippen molar-refractivity contribution in [2.75, 3.05) is 0 Å². The predicted octanol–water partition coefficient (Wildman–Crippen LogP) is 2.94. The molecule has 2 nitrogen and oxygen atoms in total. The minimum atomic E-state index is 0.931. The van der Waals surface area contributed by atoms with Crippen molar-refractivity contribution in [3.8, 4) is 0 Å². The molecule has 0 spiro atoms. The van der Waals surface area contributed by atoms with Gasteiger partial charge in [-0.25, -0.2) is 10.0 Å². The molecule has 0 aromatic heterocycles. The summed E-state index contributed by atoms with van der Waals surface area (Å²) in [4.78, 5) is 0. The maximum Gasteiger partial charge on any atom is 0.0249 e. The molecule has 4 aliphatic heterocycles. The number of hydrazine groups is 1. The zero-order chi connectivity index (χ0) is 10.5. The average molecular weight is 220 g/mol. The first kappa shape index (κ1) is 9.90. The quantitative estimate of drug-likeness (QED) is 0.670. The van der Waals surface area contributed by atoms with Gasteiger partial charge in [0.15, 0.2) is 0 Å². The van der Waals surface area contributed by atoms with Crippen LogP contribution in [0.25, 0.3) is 0 Å². The van der Waals surface area contributed by atoms with Crippen molar-refractivity contribution in [3.63, 3.8) is 0 Å². The molecule has 4 bridgehead atoms. The van der Waals surface area contributed by atoms with Gasteiger partial charge in [-0.05, 0) is 51.4 Å². The van der Waals surface area contributed by atoms with Gasteiger partial charge in [-0.3, -0.25) is 0 Å². The van der Waals surface area contributed by atoms with E-state index in [2.05, 4.69) is 10.0 Å². The Hall–Kier alpha value is -0.0800. The monoisotopic (exact) mass is 220 g/mol. The maximum absolute atomic E-state index is 2.88. The third-order valence-corrected chi connectivity index (χ3v) is 5.58. The fourth-order valence-electron chi connectivity index (χ4n) is 4.93. The van der Waals surface area contributed by atoms with Crippen molar-refractivity contribution in [2.45, 2.75) is 88.4 Å². The summed E-state index contributed by atoms with van der Waals surface area (Å²) >= 11 is 0. The molecule has 0 aliphatic carbocycles. The van der Waals surface area contributed by atoms with Crippen LogP contribution in [0.15, 0.2) is 0 Å². The molecule has 4 aliphatic rings. The van der Waals surface area contributed by atoms with Gasteiger partial charge in [-0.1, -0.05) is 12.8 Å². The summed E-state index contributed by atoms with van der Waals surface area (Å²) in [7, 11) is 0. The highest BCUT2D eigenvalue weighted by Crippen LogP contribution is 2.44. The molecule has 0 N–H and O–H groups in total. The third-order valence-electron chi connectivity index (χ3n) is 5.58. The molecule has 4 rings (SSSR count). The molecule has 4 heterocycles. The summed E-state index contributed by atoms with van der Waals surface area (Å²) < 4.78 is 0. The second kappa shape index (κ2) is 3.71. The lowest BCUT2D eigenvalue weighted by Gasteiger charge is -2.48. The first-order valence-corrected chi connectivity index (χ1v) is 7.50. The standard InChI is InChI=1S/C14H24N2/c1-3-11-7-8-12(4-1)15(11)16-13-5-2-6-14(16)10-9-13/h11-14H,1-10H2. The van der Waals surface area contributed by atoms with Crippen LogP contribution in [0.5, 0.6) is 0 Å². The van der Waals surface area contributed by atoms with Crippen LogP contribution in [0.2, 0.25) is 0 Å². The second-order valence-electron chi connectivity index (χ2n) is 6.39. The first-order chi connectivity index (χ1) is 7.93. The number of nitrogens with zero attached hydrogens (tertiary/aromatic N) is 2. The molecule has 16 heavy (non-hydrogen) atoms. The van der Waals surface area contributed by atoms with E-state index in [4.69, 9.17) is 0 Å². The summed E-state index contributed by atoms with van der Waals surface area (Å²) in [6.45, 7) is 0. The molecule has 4 atom stereocenters. The molecule has 0 amide bonds. The topological polar surface area (TPSA) is 6.48 Å². The molecule has 4 unspecified atom stereocenters. The lowest BCUT2D eigenvalue weighted by Crippen LogP contribution is -2.57. The van der Waals surface area contributed by atoms with E-state index < -0.39 is 0 Å². The van der Waals surface area contributed by atoms with Gasteiger partial charge in [-0.2, -0.15) is 0 Å². The van der Waals surface area contributed by atoms with Crippen LogP contribution in [0.1, 0.15) is 64.2 Å². The van der Waals surface area contributed by atoms with Crippen molar-refractivity contribution < 1.29 is 0 Å². The largest absolute Gasteiger partial charge is 0.235 e. The van der Waals surface area contributed by atoms with Gasteiger partial charge in [0.05, 0.1) is 0 Å². The molecule has 4 saturated heterocycles. The molecule has 4 fully saturated rings. The Balaban J connectivity index is 1.61. The number of piperidine rings is 2. The average Bonchev–Trinajstić information content (AvgIpc) is 2.69. The van der Waals surface area contributed by atoms with Crippen LogP contribution in [0.3, 0.4) is 0 Å². The smallest absolute Gasteiger partial charge is 0.0249 e. The lowest BCUT2D eigenvalue weighted by atomic mass is 10.0. The third kappa shape index (κ3) is 1.32. The van der Waals surface area contributed by atoms with E-state index in [1.807, 2.05) is 0 Å². The van der Waals surface area contributed by atoms with Gasteiger partial charge >= 0.3 is 0 Å². The van der Waals surface area contributed by atoms with E-state index in [0.29, 0.717) is 0 Å². The number of fused-ring (bicyclic) bond motifs is 5. The number of hydrogen-bond acceptors (Lipinski definition) is 2. The van der Waals surface area contributed by atoms with E-state index in [1.165, 1.54) is 64.2 Å². The van der Waals surface area contributed by atoms with Gasteiger partial charge in [0, 0.05) is 24.2 Å². The summed E-state index contributed by atoms with van der Waals surface area (Å²) in [5.41, 5.74) is 0.